The summed E-state index contributed by atoms with van der Waals surface area (Å²) in [4.78, 5) is 11.9. The number of rotatable bonds is 3. The number of benzene rings is 1. The summed E-state index contributed by atoms with van der Waals surface area (Å²) in [5, 5.41) is 22.2. The highest BCUT2D eigenvalue weighted by Crippen LogP contribution is 2.47. The third-order valence-corrected chi connectivity index (χ3v) is 3.90. The number of phenols is 1. The highest BCUT2D eigenvalue weighted by molar-refractivity contribution is 5.88. The van der Waals surface area contributed by atoms with Crippen LogP contribution < -0.4 is 10.1 Å². The lowest BCUT2D eigenvalue weighted by molar-refractivity contribution is 0.0635. The quantitative estimate of drug-likeness (QED) is 0.829. The Balaban J connectivity index is 2.35. The van der Waals surface area contributed by atoms with Crippen LogP contribution in [0.2, 0.25) is 0 Å². The van der Waals surface area contributed by atoms with Crippen molar-refractivity contribution in [2.24, 2.45) is 0 Å². The second-order valence-corrected chi connectivity index (χ2v) is 6.75. The average Bonchev–Trinajstić information content (AvgIpc) is 2.39. The van der Waals surface area contributed by atoms with Crippen molar-refractivity contribution in [3.05, 3.63) is 17.7 Å². The molecule has 1 amide bonds. The highest BCUT2D eigenvalue weighted by atomic mass is 16.6. The van der Waals surface area contributed by atoms with Gasteiger partial charge in [-0.2, -0.15) is 5.26 Å². The van der Waals surface area contributed by atoms with Crippen molar-refractivity contribution in [3.8, 4) is 17.6 Å². The van der Waals surface area contributed by atoms with Crippen LogP contribution in [-0.4, -0.2) is 23.9 Å². The van der Waals surface area contributed by atoms with Crippen molar-refractivity contribution >= 4 is 11.8 Å². The van der Waals surface area contributed by atoms with E-state index in [1.807, 2.05) is 0 Å². The molecule has 1 aromatic rings. The Morgan fingerprint density at radius 3 is 2.48 bits per heavy atom. The van der Waals surface area contributed by atoms with Gasteiger partial charge in [0.2, 0.25) is 0 Å². The van der Waals surface area contributed by atoms with Crippen LogP contribution in [0.4, 0.5) is 10.5 Å². The van der Waals surface area contributed by atoms with Gasteiger partial charge >= 0.3 is 6.09 Å². The van der Waals surface area contributed by atoms with Gasteiger partial charge in [0.25, 0.3) is 0 Å². The molecule has 6 nitrogen and oxygen atoms in total. The first-order chi connectivity index (χ1) is 10.7. The lowest BCUT2D eigenvalue weighted by Gasteiger charge is -2.36. The Bertz CT molecular complexity index is 652. The zero-order valence-electron chi connectivity index (χ0n) is 13.9. The molecule has 6 heteroatoms. The Labute approximate surface area is 136 Å². The molecule has 2 rings (SSSR count). The molecule has 1 aliphatic rings. The van der Waals surface area contributed by atoms with Crippen LogP contribution >= 0.6 is 0 Å². The van der Waals surface area contributed by atoms with Crippen LogP contribution in [0.15, 0.2) is 12.1 Å². The molecule has 0 heterocycles. The van der Waals surface area contributed by atoms with E-state index in [2.05, 4.69) is 11.4 Å². The zero-order valence-corrected chi connectivity index (χ0v) is 13.9. The summed E-state index contributed by atoms with van der Waals surface area (Å²) < 4.78 is 10.4. The van der Waals surface area contributed by atoms with E-state index in [1.165, 1.54) is 7.11 Å². The number of nitrogens with zero attached hydrogens (tertiary/aromatic N) is 1. The van der Waals surface area contributed by atoms with Crippen molar-refractivity contribution in [1.29, 1.82) is 5.26 Å². The van der Waals surface area contributed by atoms with Gasteiger partial charge in [-0.3, -0.25) is 5.32 Å². The van der Waals surface area contributed by atoms with Crippen molar-refractivity contribution in [3.63, 3.8) is 0 Å². The number of carbonyl (C=O) groups excluding carboxylic acids is 1. The Morgan fingerprint density at radius 1 is 1.39 bits per heavy atom. The molecule has 0 aromatic heterocycles. The molecule has 0 bridgehead atoms. The summed E-state index contributed by atoms with van der Waals surface area (Å²) in [7, 11) is 1.43. The van der Waals surface area contributed by atoms with Gasteiger partial charge in [-0.05, 0) is 57.7 Å². The van der Waals surface area contributed by atoms with Crippen LogP contribution in [0.1, 0.15) is 45.6 Å². The molecule has 0 aliphatic heterocycles. The van der Waals surface area contributed by atoms with Crippen molar-refractivity contribution in [1.82, 2.24) is 0 Å². The van der Waals surface area contributed by atoms with Crippen molar-refractivity contribution in [2.75, 3.05) is 12.4 Å². The molecule has 1 saturated carbocycles. The molecule has 1 aromatic carbocycles. The first kappa shape index (κ1) is 16.9. The second-order valence-electron chi connectivity index (χ2n) is 6.75. The van der Waals surface area contributed by atoms with Crippen LogP contribution in [-0.2, 0) is 10.2 Å². The van der Waals surface area contributed by atoms with Gasteiger partial charge in [-0.1, -0.05) is 0 Å². The van der Waals surface area contributed by atoms with E-state index in [0.29, 0.717) is 0 Å². The number of amides is 1. The molecule has 1 aliphatic carbocycles. The Morgan fingerprint density at radius 2 is 2.04 bits per heavy atom. The van der Waals surface area contributed by atoms with Gasteiger partial charge in [0.1, 0.15) is 5.60 Å². The van der Waals surface area contributed by atoms with Crippen LogP contribution in [0.3, 0.4) is 0 Å². The highest BCUT2D eigenvalue weighted by Gasteiger charge is 2.40. The molecule has 0 spiro atoms. The molecular weight excluding hydrogens is 296 g/mol. The number of aromatic hydroxyl groups is 1. The normalized spacial score (nSPS) is 16.0. The van der Waals surface area contributed by atoms with Crippen LogP contribution in [0.25, 0.3) is 0 Å². The third kappa shape index (κ3) is 3.50. The number of carbonyl (C=O) groups is 1. The predicted octanol–water partition coefficient (Wildman–Crippen LogP) is 3.69. The fourth-order valence-electron chi connectivity index (χ4n) is 2.54. The maximum Gasteiger partial charge on any atom is 0.412 e. The zero-order chi connectivity index (χ0) is 17.3. The SMILES string of the molecule is COc1cc(C2(C#N)CCC2)cc(NC(=O)OC(C)(C)C)c1O. The molecule has 23 heavy (non-hydrogen) atoms. The number of nitriles is 1. The Hall–Kier alpha value is -2.42. The summed E-state index contributed by atoms with van der Waals surface area (Å²) >= 11 is 0. The molecule has 2 N–H and O–H groups in total. The van der Waals surface area contributed by atoms with Crippen LogP contribution in [0, 0.1) is 11.3 Å². The van der Waals surface area contributed by atoms with E-state index in [9.17, 15) is 15.2 Å². The minimum atomic E-state index is -0.674. The second kappa shape index (κ2) is 5.99. The third-order valence-electron chi connectivity index (χ3n) is 3.90. The topological polar surface area (TPSA) is 91.6 Å². The minimum absolute atomic E-state index is 0.176. The number of methoxy groups -OCH3 is 1. The fourth-order valence-corrected chi connectivity index (χ4v) is 2.54. The molecule has 124 valence electrons. The molecule has 0 unspecified atom stereocenters. The van der Waals surface area contributed by atoms with Gasteiger partial charge in [0.05, 0.1) is 24.3 Å². The number of hydrogen-bond donors (Lipinski definition) is 2. The maximum absolute atomic E-state index is 11.9. The van der Waals surface area contributed by atoms with Gasteiger partial charge in [-0.15, -0.1) is 0 Å². The minimum Gasteiger partial charge on any atom is -0.503 e. The first-order valence-corrected chi connectivity index (χ1v) is 7.53. The van der Waals surface area contributed by atoms with Gasteiger partial charge in [0, 0.05) is 0 Å². The standard InChI is InChI=1S/C17H22N2O4/c1-16(2,3)23-15(21)19-12-8-11(9-13(22-4)14(12)20)17(10-18)6-5-7-17/h8-9,20H,5-7H2,1-4H3,(H,19,21). The van der Waals surface area contributed by atoms with Gasteiger partial charge < -0.3 is 14.6 Å². The fraction of sp³-hybridized carbons (Fsp3) is 0.529. The van der Waals surface area contributed by atoms with E-state index in [0.717, 1.165) is 24.8 Å². The summed E-state index contributed by atoms with van der Waals surface area (Å²) in [6.45, 7) is 5.26. The lowest BCUT2D eigenvalue weighted by Crippen LogP contribution is -2.32. The summed E-state index contributed by atoms with van der Waals surface area (Å²) in [5.41, 5.74) is -0.323. The molecular formula is C17H22N2O4. The molecule has 0 atom stereocenters. The van der Waals surface area contributed by atoms with Gasteiger partial charge in [-0.25, -0.2) is 4.79 Å². The number of phenolic OH excluding ortho intramolecular Hbond substituents is 1. The lowest BCUT2D eigenvalue weighted by atomic mass is 9.65. The molecule has 0 radical (unpaired) electrons. The molecule has 0 saturated heterocycles. The van der Waals surface area contributed by atoms with Crippen molar-refractivity contribution in [2.45, 2.75) is 51.0 Å². The Kier molecular flexibility index (Phi) is 4.42. The maximum atomic E-state index is 11.9. The van der Waals surface area contributed by atoms with E-state index < -0.39 is 17.1 Å². The smallest absolute Gasteiger partial charge is 0.412 e. The van der Waals surface area contributed by atoms with Crippen LogP contribution in [0.5, 0.6) is 11.5 Å². The van der Waals surface area contributed by atoms with E-state index in [4.69, 9.17) is 9.47 Å². The predicted molar refractivity (Wildman–Crippen MR) is 85.7 cm³/mol. The van der Waals surface area contributed by atoms with Gasteiger partial charge in [0.15, 0.2) is 11.5 Å². The first-order valence-electron chi connectivity index (χ1n) is 7.53. The van der Waals surface area contributed by atoms with E-state index in [-0.39, 0.29) is 17.2 Å². The largest absolute Gasteiger partial charge is 0.503 e. The van der Waals surface area contributed by atoms with E-state index >= 15 is 0 Å². The van der Waals surface area contributed by atoms with E-state index in [1.54, 1.807) is 32.9 Å². The summed E-state index contributed by atoms with van der Waals surface area (Å²) in [6.07, 6.45) is 1.81. The average molecular weight is 318 g/mol. The number of anilines is 1. The summed E-state index contributed by atoms with van der Waals surface area (Å²) in [5.74, 6) is 0.0320. The summed E-state index contributed by atoms with van der Waals surface area (Å²) in [6, 6.07) is 5.61. The number of ether oxygens (including phenoxy) is 2. The monoisotopic (exact) mass is 318 g/mol. The number of nitrogens with one attached hydrogen (secondary N) is 1. The van der Waals surface area contributed by atoms with Crippen molar-refractivity contribution < 1.29 is 19.4 Å². The molecule has 1 fully saturated rings. The number of hydrogen-bond acceptors (Lipinski definition) is 5.